The molecule has 0 aliphatic heterocycles. The Labute approximate surface area is 110 Å². The second-order valence-electron chi connectivity index (χ2n) is 5.81. The van der Waals surface area contributed by atoms with E-state index in [1.807, 2.05) is 6.92 Å². The zero-order valence-electron chi connectivity index (χ0n) is 12.2. The predicted molar refractivity (Wildman–Crippen MR) is 73.5 cm³/mol. The summed E-state index contributed by atoms with van der Waals surface area (Å²) in [7, 11) is 0. The molecule has 5 heteroatoms. The van der Waals surface area contributed by atoms with E-state index in [4.69, 9.17) is 10.9 Å². The van der Waals surface area contributed by atoms with Gasteiger partial charge >= 0.3 is 0 Å². The summed E-state index contributed by atoms with van der Waals surface area (Å²) < 4.78 is 0. The minimum absolute atomic E-state index is 0.0746. The van der Waals surface area contributed by atoms with Gasteiger partial charge in [-0.05, 0) is 33.1 Å². The van der Waals surface area contributed by atoms with Crippen molar-refractivity contribution in [3.05, 3.63) is 0 Å². The van der Waals surface area contributed by atoms with E-state index in [0.29, 0.717) is 5.92 Å². The molecule has 1 amide bonds. The molecular formula is C13H27N3O2. The number of carbonyl (C=O) groups excluding carboxylic acids is 1. The van der Waals surface area contributed by atoms with Crippen LogP contribution in [0.25, 0.3) is 0 Å². The summed E-state index contributed by atoms with van der Waals surface area (Å²) in [5, 5.41) is 14.4. The molecule has 0 aromatic rings. The molecule has 0 saturated heterocycles. The number of amidine groups is 1. The number of oxime groups is 1. The fourth-order valence-electron chi connectivity index (χ4n) is 1.55. The summed E-state index contributed by atoms with van der Waals surface area (Å²) in [6.45, 7) is 9.62. The molecule has 0 aliphatic rings. The highest BCUT2D eigenvalue weighted by molar-refractivity contribution is 6.05. The number of rotatable bonds is 7. The Hall–Kier alpha value is -1.26. The third-order valence-electron chi connectivity index (χ3n) is 3.11. The Bertz CT molecular complexity index is 299. The van der Waals surface area contributed by atoms with Crippen LogP contribution in [0.5, 0.6) is 0 Å². The van der Waals surface area contributed by atoms with Gasteiger partial charge in [0.15, 0.2) is 5.84 Å². The molecule has 4 N–H and O–H groups in total. The monoisotopic (exact) mass is 257 g/mol. The number of carbonyl (C=O) groups is 1. The molecule has 0 radical (unpaired) electrons. The zero-order valence-corrected chi connectivity index (χ0v) is 12.2. The standard InChI is InChI=1S/C13H27N3O2/c1-9(2)7-6-8-10(3)15-12(17)13(4,5)11(14)16-18/h9-10,18H,6-8H2,1-5H3,(H2,14,16)(H,15,17). The largest absolute Gasteiger partial charge is 0.409 e. The van der Waals surface area contributed by atoms with E-state index < -0.39 is 5.41 Å². The Morgan fingerprint density at radius 3 is 2.33 bits per heavy atom. The predicted octanol–water partition coefficient (Wildman–Crippen LogP) is 2.09. The Morgan fingerprint density at radius 2 is 1.89 bits per heavy atom. The van der Waals surface area contributed by atoms with Crippen molar-refractivity contribution in [2.24, 2.45) is 22.2 Å². The highest BCUT2D eigenvalue weighted by atomic mass is 16.4. The molecule has 106 valence electrons. The van der Waals surface area contributed by atoms with Gasteiger partial charge in [0.05, 0.1) is 0 Å². The van der Waals surface area contributed by atoms with Crippen LogP contribution in [-0.2, 0) is 4.79 Å². The van der Waals surface area contributed by atoms with Crippen LogP contribution >= 0.6 is 0 Å². The van der Waals surface area contributed by atoms with Crippen LogP contribution in [-0.4, -0.2) is 23.0 Å². The van der Waals surface area contributed by atoms with Crippen molar-refractivity contribution < 1.29 is 10.0 Å². The van der Waals surface area contributed by atoms with Gasteiger partial charge in [-0.15, -0.1) is 0 Å². The van der Waals surface area contributed by atoms with Gasteiger partial charge < -0.3 is 16.3 Å². The van der Waals surface area contributed by atoms with Crippen LogP contribution in [0.4, 0.5) is 0 Å². The first-order valence-electron chi connectivity index (χ1n) is 6.50. The number of hydrogen-bond donors (Lipinski definition) is 3. The topological polar surface area (TPSA) is 87.7 Å². The zero-order chi connectivity index (χ0) is 14.3. The molecule has 0 aromatic carbocycles. The van der Waals surface area contributed by atoms with E-state index in [1.165, 1.54) is 0 Å². The summed E-state index contributed by atoms with van der Waals surface area (Å²) in [6, 6.07) is 0.0991. The van der Waals surface area contributed by atoms with Gasteiger partial charge in [-0.25, -0.2) is 0 Å². The molecule has 0 heterocycles. The number of nitrogens with zero attached hydrogens (tertiary/aromatic N) is 1. The minimum atomic E-state index is -0.985. The summed E-state index contributed by atoms with van der Waals surface area (Å²) >= 11 is 0. The molecule has 0 spiro atoms. The molecule has 1 atom stereocenters. The maximum Gasteiger partial charge on any atom is 0.233 e. The van der Waals surface area contributed by atoms with E-state index in [1.54, 1.807) is 13.8 Å². The van der Waals surface area contributed by atoms with Crippen LogP contribution in [0.1, 0.15) is 53.9 Å². The van der Waals surface area contributed by atoms with Crippen LogP contribution < -0.4 is 11.1 Å². The molecule has 0 aromatic heterocycles. The Kier molecular flexibility index (Phi) is 6.73. The quantitative estimate of drug-likeness (QED) is 0.282. The number of amides is 1. The normalized spacial score (nSPS) is 14.7. The summed E-state index contributed by atoms with van der Waals surface area (Å²) in [6.07, 6.45) is 3.18. The van der Waals surface area contributed by atoms with Crippen LogP contribution in [0.3, 0.4) is 0 Å². The lowest BCUT2D eigenvalue weighted by molar-refractivity contribution is -0.127. The first-order chi connectivity index (χ1) is 8.21. The first kappa shape index (κ1) is 16.7. The van der Waals surface area contributed by atoms with Crippen molar-refractivity contribution >= 4 is 11.7 Å². The van der Waals surface area contributed by atoms with E-state index in [2.05, 4.69) is 24.3 Å². The van der Waals surface area contributed by atoms with Crippen molar-refractivity contribution in [2.75, 3.05) is 0 Å². The van der Waals surface area contributed by atoms with Gasteiger partial charge in [0.25, 0.3) is 0 Å². The van der Waals surface area contributed by atoms with Gasteiger partial charge in [0.2, 0.25) is 5.91 Å². The van der Waals surface area contributed by atoms with Crippen molar-refractivity contribution in [1.29, 1.82) is 0 Å². The molecule has 18 heavy (non-hydrogen) atoms. The van der Waals surface area contributed by atoms with E-state index in [0.717, 1.165) is 19.3 Å². The first-order valence-corrected chi connectivity index (χ1v) is 6.50. The third-order valence-corrected chi connectivity index (χ3v) is 3.11. The average Bonchev–Trinajstić information content (AvgIpc) is 2.26. The average molecular weight is 257 g/mol. The van der Waals surface area contributed by atoms with E-state index in [-0.39, 0.29) is 17.8 Å². The van der Waals surface area contributed by atoms with Gasteiger partial charge in [-0.3, -0.25) is 4.79 Å². The molecule has 5 nitrogen and oxygen atoms in total. The summed E-state index contributed by atoms with van der Waals surface area (Å²) in [4.78, 5) is 12.0. The van der Waals surface area contributed by atoms with Gasteiger partial charge in [-0.2, -0.15) is 0 Å². The highest BCUT2D eigenvalue weighted by Crippen LogP contribution is 2.16. The van der Waals surface area contributed by atoms with E-state index >= 15 is 0 Å². The second kappa shape index (κ2) is 7.24. The number of nitrogens with one attached hydrogen (secondary N) is 1. The third kappa shape index (κ3) is 5.38. The number of hydrogen-bond acceptors (Lipinski definition) is 3. The van der Waals surface area contributed by atoms with Crippen molar-refractivity contribution in [3.63, 3.8) is 0 Å². The molecular weight excluding hydrogens is 230 g/mol. The molecule has 0 saturated carbocycles. The number of nitrogens with two attached hydrogens (primary N) is 1. The van der Waals surface area contributed by atoms with Crippen LogP contribution in [0, 0.1) is 11.3 Å². The van der Waals surface area contributed by atoms with Crippen molar-refractivity contribution in [2.45, 2.75) is 59.9 Å². The molecule has 1 unspecified atom stereocenters. The fourth-order valence-corrected chi connectivity index (χ4v) is 1.55. The maximum atomic E-state index is 12.0. The molecule has 0 fully saturated rings. The molecule has 0 aliphatic carbocycles. The lowest BCUT2D eigenvalue weighted by Crippen LogP contribution is -2.48. The summed E-state index contributed by atoms with van der Waals surface area (Å²) in [5.74, 6) is 0.394. The maximum absolute atomic E-state index is 12.0. The minimum Gasteiger partial charge on any atom is -0.409 e. The van der Waals surface area contributed by atoms with Gasteiger partial charge in [0.1, 0.15) is 5.41 Å². The highest BCUT2D eigenvalue weighted by Gasteiger charge is 2.33. The fraction of sp³-hybridized carbons (Fsp3) is 0.846. The van der Waals surface area contributed by atoms with Gasteiger partial charge in [0, 0.05) is 6.04 Å². The van der Waals surface area contributed by atoms with Crippen molar-refractivity contribution in [1.82, 2.24) is 5.32 Å². The SMILES string of the molecule is CC(C)CCCC(C)NC(=O)C(C)(C)C(N)=NO. The Balaban J connectivity index is 4.23. The Morgan fingerprint density at radius 1 is 1.33 bits per heavy atom. The van der Waals surface area contributed by atoms with Crippen molar-refractivity contribution in [3.8, 4) is 0 Å². The van der Waals surface area contributed by atoms with Crippen LogP contribution in [0.2, 0.25) is 0 Å². The molecule has 0 rings (SSSR count). The summed E-state index contributed by atoms with van der Waals surface area (Å²) in [5.41, 5.74) is 4.52. The smallest absolute Gasteiger partial charge is 0.233 e. The second-order valence-corrected chi connectivity index (χ2v) is 5.81. The van der Waals surface area contributed by atoms with E-state index in [9.17, 15) is 4.79 Å². The lowest BCUT2D eigenvalue weighted by Gasteiger charge is -2.24. The lowest BCUT2D eigenvalue weighted by atomic mass is 9.90. The molecule has 0 bridgehead atoms. The van der Waals surface area contributed by atoms with Crippen LogP contribution in [0.15, 0.2) is 5.16 Å². The van der Waals surface area contributed by atoms with Gasteiger partial charge in [-0.1, -0.05) is 31.8 Å².